The normalized spacial score (nSPS) is 14.4. The van der Waals surface area contributed by atoms with Gasteiger partial charge >= 0.3 is 0 Å². The fourth-order valence-electron chi connectivity index (χ4n) is 2.20. The number of pyridine rings is 1. The molecule has 2 aromatic heterocycles. The zero-order valence-electron chi connectivity index (χ0n) is 10.0. The molecule has 0 bridgehead atoms. The number of amides is 1. The first kappa shape index (κ1) is 12.4. The van der Waals surface area contributed by atoms with Crippen molar-refractivity contribution in [2.24, 2.45) is 5.73 Å². The lowest BCUT2D eigenvalue weighted by Gasteiger charge is -2.17. The number of halogens is 1. The topological polar surface area (TPSA) is 56.0 Å². The molecule has 0 saturated heterocycles. The van der Waals surface area contributed by atoms with Gasteiger partial charge in [0.25, 0.3) is 0 Å². The van der Waals surface area contributed by atoms with Crippen molar-refractivity contribution in [2.45, 2.75) is 12.8 Å². The number of hydrogen-bond acceptors (Lipinski definition) is 3. The van der Waals surface area contributed by atoms with E-state index in [1.165, 1.54) is 0 Å². The quantitative estimate of drug-likeness (QED) is 0.923. The highest BCUT2D eigenvalue weighted by Gasteiger charge is 2.22. The second-order valence-electron chi connectivity index (χ2n) is 4.32. The van der Waals surface area contributed by atoms with Crippen molar-refractivity contribution in [3.63, 3.8) is 0 Å². The van der Waals surface area contributed by atoms with Crippen molar-refractivity contribution in [3.8, 4) is 10.6 Å². The first-order chi connectivity index (χ1) is 9.16. The molecule has 3 nitrogen and oxygen atoms in total. The minimum atomic E-state index is -0.446. The van der Waals surface area contributed by atoms with E-state index in [-0.39, 0.29) is 0 Å². The number of carbonyl (C=O) groups excluding carboxylic acids is 1. The Morgan fingerprint density at radius 1 is 1.32 bits per heavy atom. The van der Waals surface area contributed by atoms with Crippen molar-refractivity contribution in [2.75, 3.05) is 0 Å². The summed E-state index contributed by atoms with van der Waals surface area (Å²) < 4.78 is 0. The number of nitrogens with zero attached hydrogens (tertiary/aromatic N) is 1. The van der Waals surface area contributed by atoms with Crippen molar-refractivity contribution in [1.82, 2.24) is 4.98 Å². The van der Waals surface area contributed by atoms with Gasteiger partial charge in [-0.1, -0.05) is 17.7 Å². The summed E-state index contributed by atoms with van der Waals surface area (Å²) in [7, 11) is 0. The standard InChI is InChI=1S/C14H11ClN2OS/c15-13-8-3-6-11(12-2-1-7-19-12)17-10(8)5-4-9(13)14(16)18/h1-3,6-7H,4-5H2,(H2,16,18). The Kier molecular flexibility index (Phi) is 3.12. The van der Waals surface area contributed by atoms with Gasteiger partial charge in [-0.15, -0.1) is 11.3 Å². The first-order valence-corrected chi connectivity index (χ1v) is 7.15. The van der Waals surface area contributed by atoms with E-state index >= 15 is 0 Å². The predicted octanol–water partition coefficient (Wildman–Crippen LogP) is 3.19. The summed E-state index contributed by atoms with van der Waals surface area (Å²) in [6.07, 6.45) is 1.26. The number of hydrogen-bond donors (Lipinski definition) is 1. The molecule has 2 N–H and O–H groups in total. The lowest BCUT2D eigenvalue weighted by molar-refractivity contribution is -0.114. The molecule has 0 aromatic carbocycles. The third kappa shape index (κ3) is 2.17. The zero-order chi connectivity index (χ0) is 13.4. The maximum Gasteiger partial charge on any atom is 0.246 e. The first-order valence-electron chi connectivity index (χ1n) is 5.89. The molecule has 5 heteroatoms. The van der Waals surface area contributed by atoms with Crippen LogP contribution in [0.4, 0.5) is 0 Å². The average Bonchev–Trinajstić information content (AvgIpc) is 2.92. The van der Waals surface area contributed by atoms with Crippen molar-refractivity contribution >= 4 is 33.9 Å². The minimum Gasteiger partial charge on any atom is -0.366 e. The molecule has 1 aliphatic carbocycles. The number of aromatic nitrogens is 1. The molecule has 0 spiro atoms. The van der Waals surface area contributed by atoms with Crippen LogP contribution in [0.15, 0.2) is 35.2 Å². The third-order valence-corrected chi connectivity index (χ3v) is 4.48. The third-order valence-electron chi connectivity index (χ3n) is 3.16. The smallest absolute Gasteiger partial charge is 0.246 e. The lowest BCUT2D eigenvalue weighted by atomic mass is 9.95. The van der Waals surface area contributed by atoms with Gasteiger partial charge in [0.15, 0.2) is 0 Å². The number of rotatable bonds is 2. The van der Waals surface area contributed by atoms with E-state index in [4.69, 9.17) is 17.3 Å². The van der Waals surface area contributed by atoms with Gasteiger partial charge in [0.05, 0.1) is 21.3 Å². The van der Waals surface area contributed by atoms with Gasteiger partial charge in [-0.2, -0.15) is 0 Å². The van der Waals surface area contributed by atoms with Crippen LogP contribution in [0.1, 0.15) is 17.7 Å². The van der Waals surface area contributed by atoms with Crippen LogP contribution < -0.4 is 5.73 Å². The van der Waals surface area contributed by atoms with E-state index in [0.717, 1.165) is 21.8 Å². The number of primary amides is 1. The van der Waals surface area contributed by atoms with Crippen molar-refractivity contribution in [3.05, 3.63) is 46.5 Å². The molecular weight excluding hydrogens is 280 g/mol. The number of fused-ring (bicyclic) bond motifs is 1. The monoisotopic (exact) mass is 290 g/mol. The summed E-state index contributed by atoms with van der Waals surface area (Å²) in [5.41, 5.74) is 8.52. The van der Waals surface area contributed by atoms with Crippen LogP contribution in [0, 0.1) is 0 Å². The maximum absolute atomic E-state index is 11.3. The molecule has 0 fully saturated rings. The fraction of sp³-hybridized carbons (Fsp3) is 0.143. The zero-order valence-corrected chi connectivity index (χ0v) is 11.6. The van der Waals surface area contributed by atoms with E-state index in [1.54, 1.807) is 11.3 Å². The Hall–Kier alpha value is -1.65. The van der Waals surface area contributed by atoms with Crippen LogP contribution in [0.25, 0.3) is 15.6 Å². The van der Waals surface area contributed by atoms with Gasteiger partial charge in [0.1, 0.15) is 0 Å². The molecule has 3 rings (SSSR count). The molecule has 2 aromatic rings. The highest BCUT2D eigenvalue weighted by molar-refractivity contribution is 7.13. The van der Waals surface area contributed by atoms with Crippen LogP contribution in [0.2, 0.25) is 0 Å². The molecule has 0 aliphatic heterocycles. The van der Waals surface area contributed by atoms with E-state index in [0.29, 0.717) is 23.4 Å². The average molecular weight is 291 g/mol. The number of nitrogens with two attached hydrogens (primary N) is 1. The van der Waals surface area contributed by atoms with Gasteiger partial charge < -0.3 is 5.73 Å². The number of thiophene rings is 1. The summed E-state index contributed by atoms with van der Waals surface area (Å²) in [6, 6.07) is 7.88. The Morgan fingerprint density at radius 2 is 2.16 bits per heavy atom. The predicted molar refractivity (Wildman–Crippen MR) is 77.8 cm³/mol. The molecule has 1 amide bonds. The second-order valence-corrected chi connectivity index (χ2v) is 5.65. The molecular formula is C14H11ClN2OS. The Morgan fingerprint density at radius 3 is 2.84 bits per heavy atom. The van der Waals surface area contributed by atoms with Crippen LogP contribution in [0.3, 0.4) is 0 Å². The van der Waals surface area contributed by atoms with Gasteiger partial charge in [0, 0.05) is 11.1 Å². The van der Waals surface area contributed by atoms with E-state index in [2.05, 4.69) is 4.98 Å². The van der Waals surface area contributed by atoms with E-state index in [9.17, 15) is 4.79 Å². The molecule has 0 saturated carbocycles. The molecule has 19 heavy (non-hydrogen) atoms. The van der Waals surface area contributed by atoms with Crippen LogP contribution in [0.5, 0.6) is 0 Å². The van der Waals surface area contributed by atoms with Gasteiger partial charge in [-0.05, 0) is 36.4 Å². The summed E-state index contributed by atoms with van der Waals surface area (Å²) in [4.78, 5) is 17.1. The van der Waals surface area contributed by atoms with Crippen molar-refractivity contribution < 1.29 is 4.79 Å². The largest absolute Gasteiger partial charge is 0.366 e. The highest BCUT2D eigenvalue weighted by atomic mass is 35.5. The molecule has 2 heterocycles. The van der Waals surface area contributed by atoms with Gasteiger partial charge in [-0.25, -0.2) is 0 Å². The number of aryl methyl sites for hydroxylation is 1. The SMILES string of the molecule is NC(=O)C1=C(Cl)c2ccc(-c3cccs3)nc2CC1. The van der Waals surface area contributed by atoms with E-state index in [1.807, 2.05) is 29.6 Å². The van der Waals surface area contributed by atoms with Crippen LogP contribution in [-0.4, -0.2) is 10.9 Å². The molecule has 96 valence electrons. The maximum atomic E-state index is 11.3. The summed E-state index contributed by atoms with van der Waals surface area (Å²) in [6.45, 7) is 0. The molecule has 0 unspecified atom stereocenters. The van der Waals surface area contributed by atoms with Gasteiger partial charge in [0.2, 0.25) is 5.91 Å². The van der Waals surface area contributed by atoms with Crippen LogP contribution >= 0.6 is 22.9 Å². The Balaban J connectivity index is 2.08. The molecule has 0 radical (unpaired) electrons. The summed E-state index contributed by atoms with van der Waals surface area (Å²) in [5.74, 6) is -0.446. The van der Waals surface area contributed by atoms with Crippen LogP contribution in [-0.2, 0) is 11.2 Å². The highest BCUT2D eigenvalue weighted by Crippen LogP contribution is 2.35. The van der Waals surface area contributed by atoms with Gasteiger partial charge in [-0.3, -0.25) is 9.78 Å². The van der Waals surface area contributed by atoms with E-state index < -0.39 is 5.91 Å². The Labute approximate surface area is 119 Å². The lowest BCUT2D eigenvalue weighted by Crippen LogP contribution is -2.18. The Bertz CT molecular complexity index is 677. The number of carbonyl (C=O) groups is 1. The molecule has 0 atom stereocenters. The summed E-state index contributed by atoms with van der Waals surface area (Å²) >= 11 is 7.88. The summed E-state index contributed by atoms with van der Waals surface area (Å²) in [5, 5.41) is 2.47. The molecule has 1 aliphatic rings. The fourth-order valence-corrected chi connectivity index (χ4v) is 3.26. The second kappa shape index (κ2) is 4.79. The minimum absolute atomic E-state index is 0.443. The van der Waals surface area contributed by atoms with Crippen molar-refractivity contribution in [1.29, 1.82) is 0 Å².